The van der Waals surface area contributed by atoms with E-state index in [1.165, 1.54) is 13.2 Å². The van der Waals surface area contributed by atoms with Gasteiger partial charge >= 0.3 is 0 Å². The van der Waals surface area contributed by atoms with Crippen molar-refractivity contribution in [3.8, 4) is 5.75 Å². The van der Waals surface area contributed by atoms with Crippen molar-refractivity contribution >= 4 is 15.7 Å². The van der Waals surface area contributed by atoms with Gasteiger partial charge in [0.05, 0.1) is 7.11 Å². The Bertz CT molecular complexity index is 772. The number of methoxy groups -OCH3 is 1. The predicted molar refractivity (Wildman–Crippen MR) is 79.7 cm³/mol. The molecular weight excluding hydrogens is 293 g/mol. The third kappa shape index (κ3) is 3.33. The Labute approximate surface area is 123 Å². The molecule has 21 heavy (non-hydrogen) atoms. The van der Waals surface area contributed by atoms with Crippen LogP contribution in [0.15, 0.2) is 41.3 Å². The summed E-state index contributed by atoms with van der Waals surface area (Å²) >= 11 is 0. The van der Waals surface area contributed by atoms with Gasteiger partial charge in [0.1, 0.15) is 16.5 Å². The van der Waals surface area contributed by atoms with Gasteiger partial charge in [-0.15, -0.1) is 0 Å². The molecule has 0 unspecified atom stereocenters. The van der Waals surface area contributed by atoms with Gasteiger partial charge in [-0.1, -0.05) is 6.07 Å². The number of rotatable bonds is 4. The molecule has 0 amide bonds. The summed E-state index contributed by atoms with van der Waals surface area (Å²) in [4.78, 5) is -0.233. The summed E-state index contributed by atoms with van der Waals surface area (Å²) in [6.07, 6.45) is 0. The summed E-state index contributed by atoms with van der Waals surface area (Å²) in [5.74, 6) is -0.552. The number of nitrogens with one attached hydrogen (secondary N) is 1. The van der Waals surface area contributed by atoms with E-state index in [0.29, 0.717) is 5.69 Å². The van der Waals surface area contributed by atoms with Crippen molar-refractivity contribution in [2.75, 3.05) is 11.8 Å². The third-order valence-electron chi connectivity index (χ3n) is 3.17. The molecule has 0 aliphatic carbocycles. The zero-order chi connectivity index (χ0) is 15.6. The average Bonchev–Trinajstić information content (AvgIpc) is 2.42. The minimum atomic E-state index is -3.92. The first kappa shape index (κ1) is 15.3. The van der Waals surface area contributed by atoms with E-state index in [1.54, 1.807) is 12.1 Å². The Balaban J connectivity index is 2.42. The Hall–Kier alpha value is -2.08. The maximum Gasteiger partial charge on any atom is 0.265 e. The molecule has 0 saturated heterocycles. The molecule has 0 aliphatic rings. The number of sulfonamides is 1. The highest BCUT2D eigenvalue weighted by molar-refractivity contribution is 7.92. The average molecular weight is 309 g/mol. The molecule has 2 aromatic rings. The van der Waals surface area contributed by atoms with Gasteiger partial charge in [-0.3, -0.25) is 4.72 Å². The fraction of sp³-hybridized carbons (Fsp3) is 0.200. The first-order chi connectivity index (χ1) is 9.83. The lowest BCUT2D eigenvalue weighted by Crippen LogP contribution is -2.14. The molecule has 0 bridgehead atoms. The van der Waals surface area contributed by atoms with Crippen molar-refractivity contribution in [1.82, 2.24) is 0 Å². The van der Waals surface area contributed by atoms with E-state index in [4.69, 9.17) is 4.74 Å². The summed E-state index contributed by atoms with van der Waals surface area (Å²) in [5.41, 5.74) is 2.44. The summed E-state index contributed by atoms with van der Waals surface area (Å²) < 4.78 is 45.5. The number of anilines is 1. The summed E-state index contributed by atoms with van der Waals surface area (Å²) in [6, 6.07) is 8.56. The van der Waals surface area contributed by atoms with Crippen LogP contribution in [-0.4, -0.2) is 15.5 Å². The smallest absolute Gasteiger partial charge is 0.265 e. The second-order valence-electron chi connectivity index (χ2n) is 4.70. The molecule has 2 rings (SSSR count). The quantitative estimate of drug-likeness (QED) is 0.943. The standard InChI is InChI=1S/C15H16FNO3S/c1-10-4-6-13(8-11(10)2)17-21(18,19)15-9-12(16)5-7-14(15)20-3/h4-9,17H,1-3H3. The van der Waals surface area contributed by atoms with Crippen molar-refractivity contribution in [1.29, 1.82) is 0 Å². The van der Waals surface area contributed by atoms with E-state index >= 15 is 0 Å². The van der Waals surface area contributed by atoms with Gasteiger partial charge in [-0.25, -0.2) is 12.8 Å². The number of aryl methyl sites for hydroxylation is 2. The molecule has 6 heteroatoms. The van der Waals surface area contributed by atoms with Gasteiger partial charge in [-0.2, -0.15) is 0 Å². The Morgan fingerprint density at radius 3 is 2.38 bits per heavy atom. The Morgan fingerprint density at radius 1 is 1.05 bits per heavy atom. The summed E-state index contributed by atoms with van der Waals surface area (Å²) in [6.45, 7) is 3.82. The van der Waals surface area contributed by atoms with Crippen LogP contribution in [0.5, 0.6) is 5.75 Å². The molecule has 0 saturated carbocycles. The summed E-state index contributed by atoms with van der Waals surface area (Å²) in [5, 5.41) is 0. The van der Waals surface area contributed by atoms with E-state index in [2.05, 4.69) is 4.72 Å². The monoisotopic (exact) mass is 309 g/mol. The highest BCUT2D eigenvalue weighted by atomic mass is 32.2. The SMILES string of the molecule is COc1ccc(F)cc1S(=O)(=O)Nc1ccc(C)c(C)c1. The number of halogens is 1. The van der Waals surface area contributed by atoms with Crippen LogP contribution in [-0.2, 0) is 10.0 Å². The first-order valence-corrected chi connectivity index (χ1v) is 7.75. The van der Waals surface area contributed by atoms with Crippen molar-refractivity contribution in [2.24, 2.45) is 0 Å². The molecular formula is C15H16FNO3S. The van der Waals surface area contributed by atoms with Gasteiger partial charge in [0, 0.05) is 5.69 Å². The fourth-order valence-corrected chi connectivity index (χ4v) is 3.11. The largest absolute Gasteiger partial charge is 0.495 e. The molecule has 0 radical (unpaired) electrons. The molecule has 1 N–H and O–H groups in total. The van der Waals surface area contributed by atoms with E-state index < -0.39 is 15.8 Å². The molecule has 0 heterocycles. The van der Waals surface area contributed by atoms with Crippen molar-refractivity contribution in [3.05, 3.63) is 53.3 Å². The van der Waals surface area contributed by atoms with E-state index in [0.717, 1.165) is 23.3 Å². The molecule has 0 aliphatic heterocycles. The van der Waals surface area contributed by atoms with Crippen molar-refractivity contribution in [2.45, 2.75) is 18.7 Å². The maximum absolute atomic E-state index is 13.3. The van der Waals surface area contributed by atoms with Gasteiger partial charge < -0.3 is 4.74 Å². The van der Waals surface area contributed by atoms with E-state index in [1.807, 2.05) is 19.9 Å². The van der Waals surface area contributed by atoms with Crippen molar-refractivity contribution in [3.63, 3.8) is 0 Å². The predicted octanol–water partition coefficient (Wildman–Crippen LogP) is 3.25. The maximum atomic E-state index is 13.3. The summed E-state index contributed by atoms with van der Waals surface area (Å²) in [7, 11) is -2.59. The van der Waals surface area contributed by atoms with Crippen LogP contribution >= 0.6 is 0 Å². The van der Waals surface area contributed by atoms with Crippen LogP contribution in [0.25, 0.3) is 0 Å². The van der Waals surface area contributed by atoms with Gasteiger partial charge in [0.15, 0.2) is 0 Å². The third-order valence-corrected chi connectivity index (χ3v) is 4.58. The number of hydrogen-bond donors (Lipinski definition) is 1. The van der Waals surface area contributed by atoms with Crippen LogP contribution in [0.4, 0.5) is 10.1 Å². The fourth-order valence-electron chi connectivity index (χ4n) is 1.88. The van der Waals surface area contributed by atoms with E-state index in [9.17, 15) is 12.8 Å². The Kier molecular flexibility index (Phi) is 4.18. The second-order valence-corrected chi connectivity index (χ2v) is 6.35. The number of hydrogen-bond acceptors (Lipinski definition) is 3. The minimum absolute atomic E-state index is 0.0905. The lowest BCUT2D eigenvalue weighted by molar-refractivity contribution is 0.401. The second kappa shape index (κ2) is 5.73. The van der Waals surface area contributed by atoms with Gasteiger partial charge in [0.2, 0.25) is 0 Å². The van der Waals surface area contributed by atoms with Gasteiger partial charge in [0.25, 0.3) is 10.0 Å². The highest BCUT2D eigenvalue weighted by Gasteiger charge is 2.20. The van der Waals surface area contributed by atoms with Crippen LogP contribution in [0.3, 0.4) is 0 Å². The zero-order valence-corrected chi connectivity index (χ0v) is 12.8. The molecule has 2 aromatic carbocycles. The van der Waals surface area contributed by atoms with Gasteiger partial charge in [-0.05, 0) is 55.3 Å². The lowest BCUT2D eigenvalue weighted by Gasteiger charge is -2.12. The number of ether oxygens (including phenoxy) is 1. The zero-order valence-electron chi connectivity index (χ0n) is 12.0. The van der Waals surface area contributed by atoms with Crippen LogP contribution < -0.4 is 9.46 Å². The van der Waals surface area contributed by atoms with Crippen LogP contribution in [0.2, 0.25) is 0 Å². The highest BCUT2D eigenvalue weighted by Crippen LogP contribution is 2.27. The van der Waals surface area contributed by atoms with E-state index in [-0.39, 0.29) is 10.6 Å². The van der Waals surface area contributed by atoms with Crippen LogP contribution in [0.1, 0.15) is 11.1 Å². The topological polar surface area (TPSA) is 55.4 Å². The molecule has 112 valence electrons. The first-order valence-electron chi connectivity index (χ1n) is 6.27. The molecule has 0 spiro atoms. The Morgan fingerprint density at radius 2 is 1.76 bits per heavy atom. The minimum Gasteiger partial charge on any atom is -0.495 e. The molecule has 0 atom stereocenters. The molecule has 4 nitrogen and oxygen atoms in total. The normalized spacial score (nSPS) is 11.2. The lowest BCUT2D eigenvalue weighted by atomic mass is 10.1. The molecule has 0 fully saturated rings. The van der Waals surface area contributed by atoms with Crippen molar-refractivity contribution < 1.29 is 17.5 Å². The van der Waals surface area contributed by atoms with Crippen LogP contribution in [0, 0.1) is 19.7 Å². The molecule has 0 aromatic heterocycles. The number of benzene rings is 2.